The van der Waals surface area contributed by atoms with E-state index < -0.39 is 39.0 Å². The van der Waals surface area contributed by atoms with Crippen molar-refractivity contribution in [1.29, 1.82) is 0 Å². The van der Waals surface area contributed by atoms with Crippen LogP contribution in [0.15, 0.2) is 24.5 Å². The summed E-state index contributed by atoms with van der Waals surface area (Å²) in [5, 5.41) is 20.0. The van der Waals surface area contributed by atoms with E-state index in [1.165, 1.54) is 0 Å². The number of phosphoric ester groups is 1. The topological polar surface area (TPSA) is 146 Å². The summed E-state index contributed by atoms with van der Waals surface area (Å²) in [5.41, 5.74) is 6.60. The lowest BCUT2D eigenvalue weighted by atomic mass is 10.1. The van der Waals surface area contributed by atoms with E-state index in [2.05, 4.69) is 4.52 Å². The third kappa shape index (κ3) is 4.09. The standard InChI is InChI=1S/C12H19N2O7P/c1-7(13)8-3-2-4-14(5-8)12-11(16)10(15)9(21-12)6-20-22(17,18)19/h2-5,7,9-12,15-16H,6,13H2,1H3,(H-,17,18,19)/p+1/t7?,9-,10-,11-,12?/m1/s1. The number of hydrogen-bond acceptors (Lipinski definition) is 6. The molecule has 9 nitrogen and oxygen atoms in total. The average Bonchev–Trinajstić information content (AvgIpc) is 2.72. The zero-order valence-corrected chi connectivity index (χ0v) is 12.8. The SMILES string of the molecule is CC(N)c1ccc[n+](C2O[C@H](COP(=O)(O)O)[C@@H](O)[C@H]2O)c1. The minimum atomic E-state index is -4.67. The van der Waals surface area contributed by atoms with Crippen LogP contribution in [0.4, 0.5) is 0 Å². The molecule has 10 heteroatoms. The molecule has 0 bridgehead atoms. The van der Waals surface area contributed by atoms with Gasteiger partial charge in [0.05, 0.1) is 6.61 Å². The van der Waals surface area contributed by atoms with E-state index in [0.717, 1.165) is 5.56 Å². The number of rotatable bonds is 5. The summed E-state index contributed by atoms with van der Waals surface area (Å²) in [4.78, 5) is 17.4. The van der Waals surface area contributed by atoms with Crippen molar-refractivity contribution in [1.82, 2.24) is 0 Å². The number of aromatic nitrogens is 1. The molecule has 1 aromatic rings. The van der Waals surface area contributed by atoms with Gasteiger partial charge in [0.15, 0.2) is 18.5 Å². The fourth-order valence-corrected chi connectivity index (χ4v) is 2.56. The number of ether oxygens (including phenoxy) is 1. The van der Waals surface area contributed by atoms with Crippen molar-refractivity contribution >= 4 is 7.82 Å². The Kier molecular flexibility index (Phi) is 5.31. The molecule has 6 N–H and O–H groups in total. The molecular weight excluding hydrogens is 315 g/mol. The number of hydrogen-bond donors (Lipinski definition) is 5. The number of aliphatic hydroxyl groups excluding tert-OH is 2. The molecule has 1 fully saturated rings. The number of nitrogens with two attached hydrogens (primary N) is 1. The predicted molar refractivity (Wildman–Crippen MR) is 73.2 cm³/mol. The van der Waals surface area contributed by atoms with Gasteiger partial charge in [0.2, 0.25) is 0 Å². The molecule has 0 aliphatic carbocycles. The van der Waals surface area contributed by atoms with E-state index in [-0.39, 0.29) is 6.04 Å². The van der Waals surface area contributed by atoms with Gasteiger partial charge in [-0.05, 0) is 13.0 Å². The fourth-order valence-electron chi connectivity index (χ4n) is 2.22. The minimum Gasteiger partial charge on any atom is -0.387 e. The Morgan fingerprint density at radius 3 is 2.73 bits per heavy atom. The molecule has 5 atom stereocenters. The Balaban J connectivity index is 2.12. The highest BCUT2D eigenvalue weighted by atomic mass is 31.2. The number of nitrogens with zero attached hydrogens (tertiary/aromatic N) is 1. The Morgan fingerprint density at radius 2 is 2.14 bits per heavy atom. The maximum absolute atomic E-state index is 10.7. The van der Waals surface area contributed by atoms with Crippen LogP contribution in [-0.4, -0.2) is 44.9 Å². The monoisotopic (exact) mass is 335 g/mol. The van der Waals surface area contributed by atoms with Gasteiger partial charge in [-0.2, -0.15) is 4.57 Å². The van der Waals surface area contributed by atoms with Gasteiger partial charge in [0.25, 0.3) is 6.23 Å². The molecule has 124 valence electrons. The van der Waals surface area contributed by atoms with E-state index in [1.807, 2.05) is 6.07 Å². The normalized spacial score (nSPS) is 30.5. The Labute approximate surface area is 127 Å². The lowest BCUT2D eigenvalue weighted by Gasteiger charge is -2.13. The molecule has 1 aromatic heterocycles. The molecule has 2 unspecified atom stereocenters. The molecule has 1 saturated heterocycles. The molecule has 1 aliphatic heterocycles. The Morgan fingerprint density at radius 1 is 1.45 bits per heavy atom. The van der Waals surface area contributed by atoms with E-state index in [1.54, 1.807) is 30.0 Å². The summed E-state index contributed by atoms with van der Waals surface area (Å²) in [6, 6.07) is 3.32. The molecule has 0 radical (unpaired) electrons. The highest BCUT2D eigenvalue weighted by Crippen LogP contribution is 2.37. The van der Waals surface area contributed by atoms with Gasteiger partial charge in [0.1, 0.15) is 12.2 Å². The third-order valence-corrected chi connectivity index (χ3v) is 3.89. The van der Waals surface area contributed by atoms with E-state index in [0.29, 0.717) is 0 Å². The molecule has 2 heterocycles. The summed E-state index contributed by atoms with van der Waals surface area (Å²) < 4.78 is 22.0. The van der Waals surface area contributed by atoms with Gasteiger partial charge in [-0.3, -0.25) is 4.52 Å². The van der Waals surface area contributed by atoms with Crippen molar-refractivity contribution in [2.24, 2.45) is 5.73 Å². The van der Waals surface area contributed by atoms with Crippen LogP contribution in [0, 0.1) is 0 Å². The maximum Gasteiger partial charge on any atom is 0.469 e. The first-order valence-electron chi connectivity index (χ1n) is 6.67. The Bertz CT molecular complexity index is 564. The zero-order chi connectivity index (χ0) is 16.5. The largest absolute Gasteiger partial charge is 0.469 e. The first-order chi connectivity index (χ1) is 10.2. The first kappa shape index (κ1) is 17.5. The van der Waals surface area contributed by atoms with Crippen molar-refractivity contribution in [3.63, 3.8) is 0 Å². The summed E-state index contributed by atoms with van der Waals surface area (Å²) in [5.74, 6) is 0. The number of aliphatic hydroxyl groups is 2. The molecule has 22 heavy (non-hydrogen) atoms. The van der Waals surface area contributed by atoms with Gasteiger partial charge in [-0.15, -0.1) is 0 Å². The number of pyridine rings is 1. The first-order valence-corrected chi connectivity index (χ1v) is 8.20. The Hall–Kier alpha value is -0.900. The second-order valence-electron chi connectivity index (χ2n) is 5.21. The van der Waals surface area contributed by atoms with Crippen LogP contribution in [0.1, 0.15) is 24.8 Å². The summed E-state index contributed by atoms with van der Waals surface area (Å²) in [6.07, 6.45) is -1.24. The summed E-state index contributed by atoms with van der Waals surface area (Å²) >= 11 is 0. The molecule has 0 aromatic carbocycles. The second-order valence-corrected chi connectivity index (χ2v) is 6.45. The smallest absolute Gasteiger partial charge is 0.387 e. The molecule has 2 rings (SSSR count). The molecule has 0 spiro atoms. The van der Waals surface area contributed by atoms with Gasteiger partial charge >= 0.3 is 7.82 Å². The van der Waals surface area contributed by atoms with Crippen molar-refractivity contribution in [2.45, 2.75) is 37.5 Å². The van der Waals surface area contributed by atoms with E-state index in [9.17, 15) is 14.8 Å². The molecule has 1 aliphatic rings. The molecular formula is C12H20N2O7P+. The molecule has 0 amide bonds. The number of phosphoric acid groups is 1. The molecule has 0 saturated carbocycles. The summed E-state index contributed by atoms with van der Waals surface area (Å²) in [6.45, 7) is 1.27. The summed E-state index contributed by atoms with van der Waals surface area (Å²) in [7, 11) is -4.67. The maximum atomic E-state index is 10.7. The van der Waals surface area contributed by atoms with Crippen molar-refractivity contribution in [3.8, 4) is 0 Å². The fraction of sp³-hybridized carbons (Fsp3) is 0.583. The minimum absolute atomic E-state index is 0.218. The van der Waals surface area contributed by atoms with Crippen LogP contribution in [0.25, 0.3) is 0 Å². The van der Waals surface area contributed by atoms with Gasteiger partial charge in [0, 0.05) is 17.7 Å². The van der Waals surface area contributed by atoms with E-state index in [4.69, 9.17) is 20.3 Å². The average molecular weight is 335 g/mol. The van der Waals surface area contributed by atoms with E-state index >= 15 is 0 Å². The van der Waals surface area contributed by atoms with Crippen LogP contribution >= 0.6 is 7.82 Å². The van der Waals surface area contributed by atoms with Crippen LogP contribution < -0.4 is 10.3 Å². The van der Waals surface area contributed by atoms with Crippen molar-refractivity contribution in [3.05, 3.63) is 30.1 Å². The lowest BCUT2D eigenvalue weighted by Crippen LogP contribution is -2.46. The highest BCUT2D eigenvalue weighted by Gasteiger charge is 2.48. The van der Waals surface area contributed by atoms with Crippen LogP contribution in [0.3, 0.4) is 0 Å². The zero-order valence-electron chi connectivity index (χ0n) is 11.9. The van der Waals surface area contributed by atoms with Crippen molar-refractivity contribution < 1.29 is 38.4 Å². The van der Waals surface area contributed by atoms with Crippen LogP contribution in [0.5, 0.6) is 0 Å². The van der Waals surface area contributed by atoms with Crippen LogP contribution in [-0.2, 0) is 13.8 Å². The quantitative estimate of drug-likeness (QED) is 0.330. The van der Waals surface area contributed by atoms with Gasteiger partial charge in [-0.25, -0.2) is 4.57 Å². The van der Waals surface area contributed by atoms with Gasteiger partial charge < -0.3 is 30.5 Å². The van der Waals surface area contributed by atoms with Crippen molar-refractivity contribution in [2.75, 3.05) is 6.61 Å². The van der Waals surface area contributed by atoms with Crippen LogP contribution in [0.2, 0.25) is 0 Å². The second kappa shape index (κ2) is 6.69. The van der Waals surface area contributed by atoms with Gasteiger partial charge in [-0.1, -0.05) is 0 Å². The third-order valence-electron chi connectivity index (χ3n) is 3.41. The predicted octanol–water partition coefficient (Wildman–Crippen LogP) is -1.28. The lowest BCUT2D eigenvalue weighted by molar-refractivity contribution is -0.766. The highest BCUT2D eigenvalue weighted by molar-refractivity contribution is 7.46.